The number of aliphatic hydroxyl groups excluding tert-OH is 1. The summed E-state index contributed by atoms with van der Waals surface area (Å²) in [7, 11) is -4.21. The van der Waals surface area contributed by atoms with Crippen molar-refractivity contribution in [2.24, 2.45) is 17.8 Å². The van der Waals surface area contributed by atoms with Gasteiger partial charge in [-0.3, -0.25) is 9.62 Å². The molecule has 3 fully saturated rings. The Balaban J connectivity index is 1.32. The number of anilines is 2. The lowest BCUT2D eigenvalue weighted by Crippen LogP contribution is -2.49. The van der Waals surface area contributed by atoms with Crippen LogP contribution in [0.1, 0.15) is 25.7 Å². The third-order valence-corrected chi connectivity index (χ3v) is 8.96. The van der Waals surface area contributed by atoms with Crippen molar-refractivity contribution in [1.82, 2.24) is 14.9 Å². The van der Waals surface area contributed by atoms with E-state index >= 15 is 0 Å². The molecule has 0 spiro atoms. The molecule has 3 N–H and O–H groups in total. The molecule has 5 rings (SSSR count). The maximum atomic E-state index is 14.9. The van der Waals surface area contributed by atoms with E-state index in [1.54, 1.807) is 0 Å². The number of hydrogen-bond donors (Lipinski definition) is 3. The maximum Gasteiger partial charge on any atom is 0.266 e. The van der Waals surface area contributed by atoms with E-state index in [0.29, 0.717) is 29.5 Å². The summed E-state index contributed by atoms with van der Waals surface area (Å²) in [6.07, 6.45) is 6.79. The normalized spacial score (nSPS) is 29.5. The van der Waals surface area contributed by atoms with Crippen LogP contribution in [0.25, 0.3) is 0 Å². The Morgan fingerprint density at radius 1 is 1.21 bits per heavy atom. The van der Waals surface area contributed by atoms with Crippen LogP contribution >= 0.6 is 11.6 Å². The zero-order valence-corrected chi connectivity index (χ0v) is 19.6. The number of nitrogens with zero attached hydrogens (tertiary/aromatic N) is 3. The summed E-state index contributed by atoms with van der Waals surface area (Å²) < 4.78 is 42.5. The van der Waals surface area contributed by atoms with Gasteiger partial charge in [0.05, 0.1) is 10.7 Å². The van der Waals surface area contributed by atoms with Crippen LogP contribution in [0.5, 0.6) is 0 Å². The lowest BCUT2D eigenvalue weighted by molar-refractivity contribution is 0.142. The Labute approximate surface area is 197 Å². The van der Waals surface area contributed by atoms with Gasteiger partial charge in [0, 0.05) is 38.0 Å². The van der Waals surface area contributed by atoms with E-state index in [-0.39, 0.29) is 23.5 Å². The molecule has 1 aliphatic heterocycles. The molecule has 1 aromatic carbocycles. The first kappa shape index (κ1) is 22.8. The molecule has 11 heteroatoms. The molecule has 8 nitrogen and oxygen atoms in total. The number of likely N-dealkylation sites (tertiary alicyclic amines) is 1. The Bertz CT molecular complexity index is 1110. The van der Waals surface area contributed by atoms with Crippen LogP contribution in [0.2, 0.25) is 5.02 Å². The quantitative estimate of drug-likeness (QED) is 0.542. The number of fused-ring (bicyclic) bond motifs is 1. The van der Waals surface area contributed by atoms with Crippen LogP contribution in [0.4, 0.5) is 15.9 Å². The number of halogens is 2. The van der Waals surface area contributed by atoms with E-state index in [9.17, 15) is 17.9 Å². The molecule has 2 saturated carbocycles. The highest BCUT2D eigenvalue weighted by Crippen LogP contribution is 2.52. The largest absolute Gasteiger partial charge is 0.396 e. The molecule has 0 bridgehead atoms. The molecule has 1 aromatic heterocycles. The molecule has 5 atom stereocenters. The minimum absolute atomic E-state index is 0.0415. The SMILES string of the molecule is O=S(=O)(Nc1ccncn1)c1cc(Cl)c(N[C@@H]2CCCC[C@H]2N2CC3[C@@H](CO)[C@H]3C2)cc1F. The van der Waals surface area contributed by atoms with E-state index in [1.807, 2.05) is 0 Å². The fourth-order valence-corrected chi connectivity index (χ4v) is 6.91. The van der Waals surface area contributed by atoms with Gasteiger partial charge in [0.15, 0.2) is 0 Å². The molecule has 2 heterocycles. The second-order valence-electron chi connectivity index (χ2n) is 9.19. The fraction of sp³-hybridized carbons (Fsp3) is 0.545. The van der Waals surface area contributed by atoms with Gasteiger partial charge in [-0.05, 0) is 48.8 Å². The number of benzene rings is 1. The van der Waals surface area contributed by atoms with E-state index in [1.165, 1.54) is 18.6 Å². The van der Waals surface area contributed by atoms with Crippen LogP contribution < -0.4 is 10.0 Å². The highest BCUT2D eigenvalue weighted by molar-refractivity contribution is 7.92. The first-order valence-corrected chi connectivity index (χ1v) is 13.1. The average molecular weight is 496 g/mol. The Kier molecular flexibility index (Phi) is 6.19. The molecule has 1 unspecified atom stereocenters. The van der Waals surface area contributed by atoms with E-state index in [2.05, 4.69) is 24.9 Å². The van der Waals surface area contributed by atoms with Crippen LogP contribution in [-0.2, 0) is 10.0 Å². The summed E-state index contributed by atoms with van der Waals surface area (Å²) in [6.45, 7) is 2.26. The second kappa shape index (κ2) is 8.98. The average Bonchev–Trinajstić information content (AvgIpc) is 3.27. The summed E-state index contributed by atoms with van der Waals surface area (Å²) in [4.78, 5) is 9.50. The third kappa shape index (κ3) is 4.53. The predicted octanol–water partition coefficient (Wildman–Crippen LogP) is 2.96. The highest BCUT2D eigenvalue weighted by Gasteiger charge is 2.56. The summed E-state index contributed by atoms with van der Waals surface area (Å²) >= 11 is 6.42. The van der Waals surface area contributed by atoms with Crippen LogP contribution in [-0.4, -0.2) is 60.2 Å². The summed E-state index contributed by atoms with van der Waals surface area (Å²) in [6, 6.07) is 4.08. The van der Waals surface area contributed by atoms with Gasteiger partial charge in [-0.2, -0.15) is 0 Å². The molecular weight excluding hydrogens is 469 g/mol. The van der Waals surface area contributed by atoms with Gasteiger partial charge in [0.25, 0.3) is 10.0 Å². The van der Waals surface area contributed by atoms with Crippen molar-refractivity contribution in [3.8, 4) is 0 Å². The Morgan fingerprint density at radius 3 is 2.67 bits per heavy atom. The van der Waals surface area contributed by atoms with Crippen molar-refractivity contribution < 1.29 is 17.9 Å². The van der Waals surface area contributed by atoms with Crippen molar-refractivity contribution in [3.05, 3.63) is 41.6 Å². The second-order valence-corrected chi connectivity index (χ2v) is 11.3. The van der Waals surface area contributed by atoms with E-state index in [0.717, 1.165) is 50.9 Å². The maximum absolute atomic E-state index is 14.9. The zero-order valence-electron chi connectivity index (χ0n) is 18.0. The van der Waals surface area contributed by atoms with Crippen molar-refractivity contribution >= 4 is 33.1 Å². The smallest absolute Gasteiger partial charge is 0.266 e. The monoisotopic (exact) mass is 495 g/mol. The van der Waals surface area contributed by atoms with Crippen molar-refractivity contribution in [2.45, 2.75) is 42.7 Å². The standard InChI is InChI=1S/C22H27ClFN5O3S/c23-16-7-21(33(31,32)28-22-5-6-25-12-26-22)17(24)8-19(16)27-18-3-1-2-4-20(18)29-9-13-14(10-29)15(13)11-30/h5-8,12-15,18,20,27,30H,1-4,9-11H2,(H,25,26,28)/t13-,14?,15-,18+,20+/m0/s1. The first-order chi connectivity index (χ1) is 15.9. The van der Waals surface area contributed by atoms with Crippen LogP contribution in [0.3, 0.4) is 0 Å². The minimum Gasteiger partial charge on any atom is -0.396 e. The molecule has 2 aliphatic carbocycles. The first-order valence-electron chi connectivity index (χ1n) is 11.3. The molecule has 3 aliphatic rings. The third-order valence-electron chi connectivity index (χ3n) is 7.28. The number of aliphatic hydroxyl groups is 1. The Morgan fingerprint density at radius 2 is 1.97 bits per heavy atom. The van der Waals surface area contributed by atoms with Gasteiger partial charge in [-0.1, -0.05) is 24.4 Å². The zero-order chi connectivity index (χ0) is 23.2. The van der Waals surface area contributed by atoms with Crippen LogP contribution in [0, 0.1) is 23.6 Å². The van der Waals surface area contributed by atoms with Crippen molar-refractivity contribution in [1.29, 1.82) is 0 Å². The number of rotatable bonds is 7. The van der Waals surface area contributed by atoms with Gasteiger partial charge < -0.3 is 10.4 Å². The molecule has 2 aromatic rings. The van der Waals surface area contributed by atoms with Gasteiger partial charge in [0.2, 0.25) is 0 Å². The van der Waals surface area contributed by atoms with E-state index < -0.39 is 20.7 Å². The van der Waals surface area contributed by atoms with Crippen molar-refractivity contribution in [2.75, 3.05) is 29.7 Å². The number of hydrogen-bond acceptors (Lipinski definition) is 7. The highest BCUT2D eigenvalue weighted by atomic mass is 35.5. The molecule has 33 heavy (non-hydrogen) atoms. The fourth-order valence-electron chi connectivity index (χ4n) is 5.53. The lowest BCUT2D eigenvalue weighted by Gasteiger charge is -2.40. The topological polar surface area (TPSA) is 107 Å². The molecule has 0 radical (unpaired) electrons. The summed E-state index contributed by atoms with van der Waals surface area (Å²) in [5.74, 6) is 0.783. The number of piperidine rings is 1. The van der Waals surface area contributed by atoms with Crippen LogP contribution in [0.15, 0.2) is 35.6 Å². The minimum atomic E-state index is -4.21. The molecule has 178 valence electrons. The van der Waals surface area contributed by atoms with Gasteiger partial charge >= 0.3 is 0 Å². The van der Waals surface area contributed by atoms with Gasteiger partial charge in [0.1, 0.15) is 22.9 Å². The number of sulfonamides is 1. The Hall–Kier alpha value is -2.01. The summed E-state index contributed by atoms with van der Waals surface area (Å²) in [5.41, 5.74) is 0.393. The van der Waals surface area contributed by atoms with E-state index in [4.69, 9.17) is 11.6 Å². The van der Waals surface area contributed by atoms with Crippen molar-refractivity contribution in [3.63, 3.8) is 0 Å². The molecule has 0 amide bonds. The molecule has 1 saturated heterocycles. The number of aromatic nitrogens is 2. The number of nitrogens with one attached hydrogen (secondary N) is 2. The van der Waals surface area contributed by atoms with Gasteiger partial charge in [-0.15, -0.1) is 0 Å². The molecular formula is C22H27ClFN5O3S. The lowest BCUT2D eigenvalue weighted by atomic mass is 9.88. The predicted molar refractivity (Wildman–Crippen MR) is 123 cm³/mol. The summed E-state index contributed by atoms with van der Waals surface area (Å²) in [5, 5.41) is 13.0. The van der Waals surface area contributed by atoms with Gasteiger partial charge in [-0.25, -0.2) is 22.8 Å².